The Bertz CT molecular complexity index is 524. The van der Waals surface area contributed by atoms with E-state index in [0.717, 1.165) is 4.31 Å². The van der Waals surface area contributed by atoms with Crippen LogP contribution in [0.2, 0.25) is 0 Å². The van der Waals surface area contributed by atoms with Gasteiger partial charge in [-0.1, -0.05) is 0 Å². The number of aromatic nitrogens is 2. The van der Waals surface area contributed by atoms with Gasteiger partial charge in [0.2, 0.25) is 0 Å². The molecule has 9 heteroatoms. The van der Waals surface area contributed by atoms with Crippen molar-refractivity contribution in [1.29, 1.82) is 0 Å². The first kappa shape index (κ1) is 12.9. The number of carbonyl (C=O) groups is 1. The third-order valence-corrected chi connectivity index (χ3v) is 3.75. The minimum atomic E-state index is -3.67. The fraction of sp³-hybridized carbons (Fsp3) is 0.444. The van der Waals surface area contributed by atoms with Crippen molar-refractivity contribution in [3.05, 3.63) is 24.3 Å². The van der Waals surface area contributed by atoms with E-state index in [-0.39, 0.29) is 24.7 Å². The lowest BCUT2D eigenvalue weighted by Gasteiger charge is -2.32. The van der Waals surface area contributed by atoms with Crippen molar-refractivity contribution in [3.63, 3.8) is 0 Å². The van der Waals surface area contributed by atoms with Crippen molar-refractivity contribution in [3.8, 4) is 0 Å². The molecule has 1 aromatic rings. The molecule has 1 amide bonds. The van der Waals surface area contributed by atoms with Gasteiger partial charge in [-0.2, -0.15) is 12.7 Å². The average Bonchev–Trinajstić information content (AvgIpc) is 2.38. The minimum absolute atomic E-state index is 0.199. The molecule has 1 aliphatic rings. The van der Waals surface area contributed by atoms with E-state index < -0.39 is 10.2 Å². The van der Waals surface area contributed by atoms with E-state index in [0.29, 0.717) is 13.1 Å². The van der Waals surface area contributed by atoms with Crippen LogP contribution in [0, 0.1) is 0 Å². The molecule has 1 saturated heterocycles. The Morgan fingerprint density at radius 2 is 1.89 bits per heavy atom. The second-order valence-electron chi connectivity index (χ2n) is 3.83. The molecular weight excluding hydrogens is 258 g/mol. The summed E-state index contributed by atoms with van der Waals surface area (Å²) in [5, 5.41) is 5.02. The highest BCUT2D eigenvalue weighted by atomic mass is 32.2. The van der Waals surface area contributed by atoms with E-state index in [9.17, 15) is 13.2 Å². The molecule has 18 heavy (non-hydrogen) atoms. The number of amides is 1. The van der Waals surface area contributed by atoms with Crippen LogP contribution >= 0.6 is 0 Å². The molecule has 0 atom stereocenters. The number of rotatable bonds is 2. The summed E-state index contributed by atoms with van der Waals surface area (Å²) in [4.78, 5) is 21.2. The zero-order chi connectivity index (χ0) is 13.2. The molecule has 98 valence electrons. The molecule has 8 nitrogen and oxygen atoms in total. The van der Waals surface area contributed by atoms with Crippen LogP contribution in [0.25, 0.3) is 0 Å². The molecule has 1 aromatic heterocycles. The Labute approximate surface area is 105 Å². The predicted octanol–water partition coefficient (Wildman–Crippen LogP) is -1.56. The van der Waals surface area contributed by atoms with Gasteiger partial charge in [0.05, 0.1) is 6.20 Å². The maximum absolute atomic E-state index is 12.0. The SMILES string of the molecule is NS(=O)(=O)N1CCN(C(=O)c2cnccn2)CC1. The number of piperazine rings is 1. The minimum Gasteiger partial charge on any atom is -0.335 e. The lowest BCUT2D eigenvalue weighted by molar-refractivity contribution is 0.0691. The van der Waals surface area contributed by atoms with Gasteiger partial charge in [-0.25, -0.2) is 10.1 Å². The van der Waals surface area contributed by atoms with Crippen molar-refractivity contribution in [2.24, 2.45) is 5.14 Å². The molecule has 0 aromatic carbocycles. The van der Waals surface area contributed by atoms with Gasteiger partial charge in [0.1, 0.15) is 5.69 Å². The molecule has 0 unspecified atom stereocenters. The summed E-state index contributed by atoms with van der Waals surface area (Å²) in [6, 6.07) is 0. The molecule has 0 spiro atoms. The second kappa shape index (κ2) is 4.96. The standard InChI is InChI=1S/C9H13N5O3S/c10-18(16,17)14-5-3-13(4-6-14)9(15)8-7-11-1-2-12-8/h1-2,7H,3-6H2,(H2,10,16,17). The van der Waals surface area contributed by atoms with E-state index in [1.54, 1.807) is 0 Å². The van der Waals surface area contributed by atoms with Crippen molar-refractivity contribution < 1.29 is 13.2 Å². The second-order valence-corrected chi connectivity index (χ2v) is 5.37. The van der Waals surface area contributed by atoms with Gasteiger partial charge in [-0.15, -0.1) is 0 Å². The van der Waals surface area contributed by atoms with Gasteiger partial charge in [-0.3, -0.25) is 9.78 Å². The van der Waals surface area contributed by atoms with Crippen LogP contribution in [-0.4, -0.2) is 59.7 Å². The van der Waals surface area contributed by atoms with Crippen LogP contribution in [0.4, 0.5) is 0 Å². The van der Waals surface area contributed by atoms with E-state index in [1.807, 2.05) is 0 Å². The van der Waals surface area contributed by atoms with Crippen LogP contribution in [0.5, 0.6) is 0 Å². The Balaban J connectivity index is 2.01. The highest BCUT2D eigenvalue weighted by Gasteiger charge is 2.27. The highest BCUT2D eigenvalue weighted by Crippen LogP contribution is 2.07. The fourth-order valence-electron chi connectivity index (χ4n) is 1.72. The predicted molar refractivity (Wildman–Crippen MR) is 62.6 cm³/mol. The Hall–Kier alpha value is -1.58. The van der Waals surface area contributed by atoms with E-state index in [1.165, 1.54) is 23.5 Å². The third-order valence-electron chi connectivity index (χ3n) is 2.67. The van der Waals surface area contributed by atoms with Crippen molar-refractivity contribution in [1.82, 2.24) is 19.2 Å². The first-order valence-electron chi connectivity index (χ1n) is 5.31. The van der Waals surface area contributed by atoms with Gasteiger partial charge in [0, 0.05) is 38.6 Å². The summed E-state index contributed by atoms with van der Waals surface area (Å²) in [6.07, 6.45) is 4.30. The van der Waals surface area contributed by atoms with Gasteiger partial charge < -0.3 is 4.90 Å². The average molecular weight is 271 g/mol. The quantitative estimate of drug-likeness (QED) is 0.699. The molecule has 1 aliphatic heterocycles. The molecule has 2 N–H and O–H groups in total. The van der Waals surface area contributed by atoms with Crippen LogP contribution in [0.1, 0.15) is 10.5 Å². The maximum atomic E-state index is 12.0. The first-order chi connectivity index (χ1) is 8.48. The monoisotopic (exact) mass is 271 g/mol. The van der Waals surface area contributed by atoms with Crippen LogP contribution in [0.15, 0.2) is 18.6 Å². The van der Waals surface area contributed by atoms with Crippen LogP contribution in [0.3, 0.4) is 0 Å². The van der Waals surface area contributed by atoms with Crippen LogP contribution < -0.4 is 5.14 Å². The summed E-state index contributed by atoms with van der Waals surface area (Å²) in [5.41, 5.74) is 0.251. The molecule has 0 radical (unpaired) electrons. The molecule has 0 saturated carbocycles. The van der Waals surface area contributed by atoms with E-state index in [4.69, 9.17) is 5.14 Å². The normalized spacial score (nSPS) is 17.7. The third kappa shape index (κ3) is 2.81. The summed E-state index contributed by atoms with van der Waals surface area (Å²) < 4.78 is 23.4. The van der Waals surface area contributed by atoms with Gasteiger partial charge in [-0.05, 0) is 0 Å². The highest BCUT2D eigenvalue weighted by molar-refractivity contribution is 7.86. The zero-order valence-corrected chi connectivity index (χ0v) is 10.4. The maximum Gasteiger partial charge on any atom is 0.277 e. The van der Waals surface area contributed by atoms with Gasteiger partial charge in [0.25, 0.3) is 16.1 Å². The topological polar surface area (TPSA) is 109 Å². The number of carbonyl (C=O) groups excluding carboxylic acids is 1. The summed E-state index contributed by atoms with van der Waals surface area (Å²) in [6.45, 7) is 0.993. The lowest BCUT2D eigenvalue weighted by Crippen LogP contribution is -2.52. The summed E-state index contributed by atoms with van der Waals surface area (Å²) in [5.74, 6) is -0.253. The number of nitrogens with zero attached hydrogens (tertiary/aromatic N) is 4. The van der Waals surface area contributed by atoms with Crippen molar-refractivity contribution >= 4 is 16.1 Å². The Kier molecular flexibility index (Phi) is 3.55. The fourth-order valence-corrected chi connectivity index (χ4v) is 2.39. The van der Waals surface area contributed by atoms with Gasteiger partial charge >= 0.3 is 0 Å². The molecule has 1 fully saturated rings. The summed E-state index contributed by atoms with van der Waals surface area (Å²) in [7, 11) is -3.67. The van der Waals surface area contributed by atoms with Crippen molar-refractivity contribution in [2.45, 2.75) is 0 Å². The van der Waals surface area contributed by atoms with Gasteiger partial charge in [0.15, 0.2) is 0 Å². The molecule has 2 rings (SSSR count). The molecule has 2 heterocycles. The van der Waals surface area contributed by atoms with Crippen molar-refractivity contribution in [2.75, 3.05) is 26.2 Å². The van der Waals surface area contributed by atoms with E-state index >= 15 is 0 Å². The summed E-state index contributed by atoms with van der Waals surface area (Å²) >= 11 is 0. The number of hydrogen-bond acceptors (Lipinski definition) is 5. The van der Waals surface area contributed by atoms with Crippen LogP contribution in [-0.2, 0) is 10.2 Å². The Morgan fingerprint density at radius 1 is 1.22 bits per heavy atom. The lowest BCUT2D eigenvalue weighted by atomic mass is 10.3. The molecule has 0 bridgehead atoms. The first-order valence-corrected chi connectivity index (χ1v) is 6.82. The Morgan fingerprint density at radius 3 is 2.39 bits per heavy atom. The molecule has 0 aliphatic carbocycles. The number of nitrogens with two attached hydrogens (primary N) is 1. The smallest absolute Gasteiger partial charge is 0.277 e. The number of hydrogen-bond donors (Lipinski definition) is 1. The van der Waals surface area contributed by atoms with E-state index in [2.05, 4.69) is 9.97 Å². The zero-order valence-electron chi connectivity index (χ0n) is 9.56. The largest absolute Gasteiger partial charge is 0.335 e. The molecular formula is C9H13N5O3S.